The van der Waals surface area contributed by atoms with Gasteiger partial charge in [0.05, 0.1) is 16.5 Å². The molecule has 1 aliphatic heterocycles. The molecule has 1 heterocycles. The van der Waals surface area contributed by atoms with Gasteiger partial charge in [0, 0.05) is 25.2 Å². The molecule has 0 unspecified atom stereocenters. The maximum Gasteiger partial charge on any atom is 0.271 e. The largest absolute Gasteiger partial charge is 0.481 e. The Balaban J connectivity index is 1.50. The monoisotopic (exact) mass is 387 g/mol. The van der Waals surface area contributed by atoms with Crippen LogP contribution in [0, 0.1) is 28.8 Å². The van der Waals surface area contributed by atoms with E-state index < -0.39 is 16.7 Å². The Morgan fingerprint density at radius 1 is 1.29 bits per heavy atom. The number of nitrogens with one attached hydrogen (secondary N) is 1. The molecule has 0 aromatic heterocycles. The molecular weight excluding hydrogens is 369 g/mol. The first-order valence-corrected chi connectivity index (χ1v) is 8.56. The fourth-order valence-electron chi connectivity index (χ4n) is 2.73. The highest BCUT2D eigenvalue weighted by Gasteiger charge is 2.36. The number of para-hydroxylation sites is 1. The van der Waals surface area contributed by atoms with Crippen LogP contribution in [-0.4, -0.2) is 41.3 Å². The summed E-state index contributed by atoms with van der Waals surface area (Å²) >= 11 is 0. The minimum absolute atomic E-state index is 0.00758. The zero-order valence-corrected chi connectivity index (χ0v) is 15.1. The second-order valence-electron chi connectivity index (χ2n) is 6.46. The molecule has 2 aromatic carbocycles. The molecule has 3 rings (SSSR count). The molecule has 0 spiro atoms. The van der Waals surface area contributed by atoms with Gasteiger partial charge in [-0.2, -0.15) is 0 Å². The standard InChI is InChI=1S/C19H18FN3O5/c1-12-6-7-14(23(26)27)8-16(12)21-19(25)13-9-22(10-13)18(24)11-28-17-5-3-2-4-15(17)20/h2-8,13H,9-11H2,1H3,(H,21,25). The Morgan fingerprint density at radius 3 is 2.68 bits per heavy atom. The molecular formula is C19H18FN3O5. The lowest BCUT2D eigenvalue weighted by Gasteiger charge is -2.38. The molecule has 1 N–H and O–H groups in total. The predicted octanol–water partition coefficient (Wildman–Crippen LogP) is 2.52. The lowest BCUT2D eigenvalue weighted by Crippen LogP contribution is -2.55. The van der Waals surface area contributed by atoms with Crippen LogP contribution in [0.1, 0.15) is 5.56 Å². The average molecular weight is 387 g/mol. The van der Waals surface area contributed by atoms with Crippen LogP contribution in [0.3, 0.4) is 0 Å². The SMILES string of the molecule is Cc1ccc([N+](=O)[O-])cc1NC(=O)C1CN(C(=O)COc2ccccc2F)C1. The van der Waals surface area contributed by atoms with Crippen LogP contribution < -0.4 is 10.1 Å². The van der Waals surface area contributed by atoms with Crippen molar-refractivity contribution in [2.24, 2.45) is 5.92 Å². The van der Waals surface area contributed by atoms with Crippen LogP contribution in [-0.2, 0) is 9.59 Å². The van der Waals surface area contributed by atoms with Crippen LogP contribution >= 0.6 is 0 Å². The predicted molar refractivity (Wildman–Crippen MR) is 98.4 cm³/mol. The summed E-state index contributed by atoms with van der Waals surface area (Å²) in [5.74, 6) is -1.65. The third-order valence-electron chi connectivity index (χ3n) is 4.48. The average Bonchev–Trinajstić information content (AvgIpc) is 2.61. The van der Waals surface area contributed by atoms with E-state index in [1.54, 1.807) is 19.1 Å². The topological polar surface area (TPSA) is 102 Å². The Morgan fingerprint density at radius 2 is 2.00 bits per heavy atom. The third kappa shape index (κ3) is 4.25. The zero-order chi connectivity index (χ0) is 20.3. The summed E-state index contributed by atoms with van der Waals surface area (Å²) in [6, 6.07) is 10.0. The van der Waals surface area contributed by atoms with E-state index >= 15 is 0 Å². The fraction of sp³-hybridized carbons (Fsp3) is 0.263. The van der Waals surface area contributed by atoms with Crippen LogP contribution in [0.4, 0.5) is 15.8 Å². The molecule has 0 aliphatic carbocycles. The second kappa shape index (κ2) is 8.03. The van der Waals surface area contributed by atoms with Crippen LogP contribution in [0.15, 0.2) is 42.5 Å². The molecule has 1 saturated heterocycles. The first kappa shape index (κ1) is 19.3. The van der Waals surface area contributed by atoms with Gasteiger partial charge in [-0.3, -0.25) is 19.7 Å². The van der Waals surface area contributed by atoms with Crippen LogP contribution in [0.2, 0.25) is 0 Å². The lowest BCUT2D eigenvalue weighted by molar-refractivity contribution is -0.384. The van der Waals surface area contributed by atoms with E-state index in [1.807, 2.05) is 0 Å². The number of nitro groups is 1. The van der Waals surface area contributed by atoms with Gasteiger partial charge in [-0.25, -0.2) is 4.39 Å². The Hall–Kier alpha value is -3.49. The Kier molecular flexibility index (Phi) is 5.53. The van der Waals surface area contributed by atoms with E-state index in [9.17, 15) is 24.1 Å². The minimum atomic E-state index is -0.552. The summed E-state index contributed by atoms with van der Waals surface area (Å²) in [7, 11) is 0. The minimum Gasteiger partial charge on any atom is -0.481 e. The molecule has 0 saturated carbocycles. The molecule has 146 valence electrons. The summed E-state index contributed by atoms with van der Waals surface area (Å²) in [5.41, 5.74) is 0.952. The molecule has 8 nitrogen and oxygen atoms in total. The molecule has 0 atom stereocenters. The number of nitrogens with zero attached hydrogens (tertiary/aromatic N) is 2. The lowest BCUT2D eigenvalue weighted by atomic mass is 9.98. The molecule has 0 bridgehead atoms. The van der Waals surface area contributed by atoms with Crippen molar-refractivity contribution in [1.82, 2.24) is 4.90 Å². The summed E-state index contributed by atoms with van der Waals surface area (Å²) in [5, 5.41) is 13.5. The van der Waals surface area contributed by atoms with Gasteiger partial charge in [-0.05, 0) is 24.6 Å². The summed E-state index contributed by atoms with van der Waals surface area (Å²) in [4.78, 5) is 36.2. The van der Waals surface area contributed by atoms with Crippen molar-refractivity contribution in [2.45, 2.75) is 6.92 Å². The van der Waals surface area contributed by atoms with Crippen molar-refractivity contribution in [3.05, 3.63) is 64.0 Å². The highest BCUT2D eigenvalue weighted by Crippen LogP contribution is 2.24. The summed E-state index contributed by atoms with van der Waals surface area (Å²) < 4.78 is 18.6. The number of hydrogen-bond donors (Lipinski definition) is 1. The van der Waals surface area contributed by atoms with Crippen molar-refractivity contribution in [3.63, 3.8) is 0 Å². The van der Waals surface area contributed by atoms with E-state index in [1.165, 1.54) is 35.2 Å². The molecule has 1 fully saturated rings. The molecule has 2 amide bonds. The van der Waals surface area contributed by atoms with Gasteiger partial charge >= 0.3 is 0 Å². The smallest absolute Gasteiger partial charge is 0.271 e. The maximum absolute atomic E-state index is 13.5. The number of likely N-dealkylation sites (tertiary alicyclic amines) is 1. The van der Waals surface area contributed by atoms with E-state index in [4.69, 9.17) is 4.74 Å². The second-order valence-corrected chi connectivity index (χ2v) is 6.46. The number of carbonyl (C=O) groups is 2. The molecule has 2 aromatic rings. The van der Waals surface area contributed by atoms with Gasteiger partial charge < -0.3 is 15.0 Å². The molecule has 9 heteroatoms. The highest BCUT2D eigenvalue weighted by molar-refractivity contribution is 5.95. The molecule has 28 heavy (non-hydrogen) atoms. The number of rotatable bonds is 6. The maximum atomic E-state index is 13.5. The summed E-state index contributed by atoms with van der Waals surface area (Å²) in [6.07, 6.45) is 0. The molecule has 1 aliphatic rings. The number of ether oxygens (including phenoxy) is 1. The number of halogens is 1. The van der Waals surface area contributed by atoms with Gasteiger partial charge in [0.1, 0.15) is 0 Å². The number of amides is 2. The van der Waals surface area contributed by atoms with Crippen LogP contribution in [0.5, 0.6) is 5.75 Å². The number of benzene rings is 2. The number of anilines is 1. The number of hydrogen-bond acceptors (Lipinski definition) is 5. The number of aryl methyl sites for hydroxylation is 1. The van der Waals surface area contributed by atoms with E-state index in [-0.39, 0.29) is 42.9 Å². The number of carbonyl (C=O) groups excluding carboxylic acids is 2. The van der Waals surface area contributed by atoms with E-state index in [0.717, 1.165) is 0 Å². The quantitative estimate of drug-likeness (QED) is 0.606. The number of nitro benzene ring substituents is 1. The Bertz CT molecular complexity index is 928. The van der Waals surface area contributed by atoms with Crippen molar-refractivity contribution in [2.75, 3.05) is 25.0 Å². The first-order valence-electron chi connectivity index (χ1n) is 8.56. The fourth-order valence-corrected chi connectivity index (χ4v) is 2.73. The number of non-ortho nitro benzene ring substituents is 1. The van der Waals surface area contributed by atoms with Crippen LogP contribution in [0.25, 0.3) is 0 Å². The van der Waals surface area contributed by atoms with Crippen molar-refractivity contribution in [3.8, 4) is 5.75 Å². The van der Waals surface area contributed by atoms with E-state index in [2.05, 4.69) is 5.32 Å². The van der Waals surface area contributed by atoms with Gasteiger partial charge in [0.25, 0.3) is 11.6 Å². The highest BCUT2D eigenvalue weighted by atomic mass is 19.1. The third-order valence-corrected chi connectivity index (χ3v) is 4.48. The first-order chi connectivity index (χ1) is 13.3. The van der Waals surface area contributed by atoms with Crippen molar-refractivity contribution >= 4 is 23.2 Å². The molecule has 0 radical (unpaired) electrons. The van der Waals surface area contributed by atoms with Gasteiger partial charge in [-0.15, -0.1) is 0 Å². The van der Waals surface area contributed by atoms with E-state index in [0.29, 0.717) is 11.3 Å². The van der Waals surface area contributed by atoms with Gasteiger partial charge in [0.15, 0.2) is 18.2 Å². The summed E-state index contributed by atoms with van der Waals surface area (Å²) in [6.45, 7) is 1.83. The van der Waals surface area contributed by atoms with Gasteiger partial charge in [-0.1, -0.05) is 18.2 Å². The Labute approximate surface area is 160 Å². The van der Waals surface area contributed by atoms with Crippen molar-refractivity contribution < 1.29 is 23.6 Å². The van der Waals surface area contributed by atoms with Crippen molar-refractivity contribution in [1.29, 1.82) is 0 Å². The zero-order valence-electron chi connectivity index (χ0n) is 15.1. The van der Waals surface area contributed by atoms with Gasteiger partial charge in [0.2, 0.25) is 5.91 Å². The normalized spacial score (nSPS) is 13.6.